The second-order valence-electron chi connectivity index (χ2n) is 5.76. The number of nitrogens with zero attached hydrogens (tertiary/aromatic N) is 1. The molecule has 0 aromatic heterocycles. The first-order valence-corrected chi connectivity index (χ1v) is 6.11. The maximum Gasteiger partial charge on any atom is 0.0195 e. The average Bonchev–Trinajstić information content (AvgIpc) is 2.61. The van der Waals surface area contributed by atoms with E-state index in [9.17, 15) is 0 Å². The van der Waals surface area contributed by atoms with E-state index in [-0.39, 0.29) is 0 Å². The van der Waals surface area contributed by atoms with Gasteiger partial charge in [-0.2, -0.15) is 0 Å². The molecule has 0 spiro atoms. The van der Waals surface area contributed by atoms with Crippen LogP contribution in [0.4, 0.5) is 0 Å². The highest BCUT2D eigenvalue weighted by molar-refractivity contribution is 4.83. The molecule has 2 aliphatic heterocycles. The van der Waals surface area contributed by atoms with Crippen LogP contribution >= 0.6 is 0 Å². The van der Waals surface area contributed by atoms with Gasteiger partial charge < -0.3 is 10.2 Å². The lowest BCUT2D eigenvalue weighted by atomic mass is 9.82. The summed E-state index contributed by atoms with van der Waals surface area (Å²) in [6.45, 7) is 9.95. The summed E-state index contributed by atoms with van der Waals surface area (Å²) in [5, 5.41) is 3.58. The van der Waals surface area contributed by atoms with E-state index in [1.54, 1.807) is 0 Å². The molecule has 0 radical (unpaired) electrons. The molecule has 2 aliphatic rings. The summed E-state index contributed by atoms with van der Waals surface area (Å²) in [5.41, 5.74) is 0.597. The van der Waals surface area contributed by atoms with E-state index in [1.807, 2.05) is 0 Å². The minimum absolute atomic E-state index is 0.597. The fourth-order valence-corrected chi connectivity index (χ4v) is 2.57. The lowest BCUT2D eigenvalue weighted by Crippen LogP contribution is -2.43. The largest absolute Gasteiger partial charge is 0.313 e. The predicted octanol–water partition coefficient (Wildman–Crippen LogP) is 1.86. The van der Waals surface area contributed by atoms with Gasteiger partial charge in [0.1, 0.15) is 0 Å². The number of rotatable bonds is 2. The molecule has 1 unspecified atom stereocenters. The summed E-state index contributed by atoms with van der Waals surface area (Å²) in [6.07, 6.45) is 5.52. The maximum atomic E-state index is 3.58. The number of hydrogen-bond acceptors (Lipinski definition) is 2. The van der Waals surface area contributed by atoms with Crippen molar-refractivity contribution in [2.24, 2.45) is 5.41 Å². The summed E-state index contributed by atoms with van der Waals surface area (Å²) in [7, 11) is 0. The lowest BCUT2D eigenvalue weighted by molar-refractivity contribution is 0.124. The van der Waals surface area contributed by atoms with Crippen molar-refractivity contribution in [3.8, 4) is 0 Å². The maximum absolute atomic E-state index is 3.58. The number of nitrogens with one attached hydrogen (secondary N) is 1. The van der Waals surface area contributed by atoms with Gasteiger partial charge >= 0.3 is 0 Å². The summed E-state index contributed by atoms with van der Waals surface area (Å²) >= 11 is 0. The van der Waals surface area contributed by atoms with Crippen molar-refractivity contribution in [2.45, 2.75) is 45.6 Å². The van der Waals surface area contributed by atoms with Crippen molar-refractivity contribution in [1.29, 1.82) is 0 Å². The Kier molecular flexibility index (Phi) is 3.13. The van der Waals surface area contributed by atoms with E-state index in [1.165, 1.54) is 51.9 Å². The molecule has 2 fully saturated rings. The third-order valence-corrected chi connectivity index (χ3v) is 3.85. The Labute approximate surface area is 88.1 Å². The van der Waals surface area contributed by atoms with E-state index in [4.69, 9.17) is 0 Å². The number of likely N-dealkylation sites (tertiary alicyclic amines) is 1. The zero-order chi connectivity index (χ0) is 10.0. The summed E-state index contributed by atoms with van der Waals surface area (Å²) in [6, 6.07) is 0.788. The van der Waals surface area contributed by atoms with Crippen LogP contribution in [0.3, 0.4) is 0 Å². The molecule has 0 aromatic carbocycles. The fourth-order valence-electron chi connectivity index (χ4n) is 2.57. The standard InChI is InChI=1S/C12H24N2/c1-12(2)5-8-14(9-6-12)10-11-4-3-7-13-11/h11,13H,3-10H2,1-2H3. The normalized spacial score (nSPS) is 33.4. The van der Waals surface area contributed by atoms with Crippen molar-refractivity contribution in [3.05, 3.63) is 0 Å². The van der Waals surface area contributed by atoms with Gasteiger partial charge in [0, 0.05) is 12.6 Å². The SMILES string of the molecule is CC1(C)CCN(CC2CCCN2)CC1. The van der Waals surface area contributed by atoms with E-state index in [0.29, 0.717) is 5.41 Å². The molecule has 0 saturated carbocycles. The first kappa shape index (κ1) is 10.4. The first-order valence-electron chi connectivity index (χ1n) is 6.11. The van der Waals surface area contributed by atoms with Gasteiger partial charge in [0.05, 0.1) is 0 Å². The lowest BCUT2D eigenvalue weighted by Gasteiger charge is -2.37. The second kappa shape index (κ2) is 4.19. The molecular weight excluding hydrogens is 172 g/mol. The predicted molar refractivity (Wildman–Crippen MR) is 60.5 cm³/mol. The third-order valence-electron chi connectivity index (χ3n) is 3.85. The van der Waals surface area contributed by atoms with Gasteiger partial charge in [-0.1, -0.05) is 13.8 Å². The molecule has 2 heterocycles. The van der Waals surface area contributed by atoms with Gasteiger partial charge in [0.2, 0.25) is 0 Å². The van der Waals surface area contributed by atoms with Crippen molar-refractivity contribution in [3.63, 3.8) is 0 Å². The minimum Gasteiger partial charge on any atom is -0.313 e. The van der Waals surface area contributed by atoms with Crippen molar-refractivity contribution in [1.82, 2.24) is 10.2 Å². The Balaban J connectivity index is 1.72. The van der Waals surface area contributed by atoms with Gasteiger partial charge in [-0.05, 0) is 50.7 Å². The first-order chi connectivity index (χ1) is 6.66. The number of hydrogen-bond donors (Lipinski definition) is 1. The number of piperidine rings is 1. The molecular formula is C12H24N2. The molecule has 1 N–H and O–H groups in total. The van der Waals surface area contributed by atoms with Crippen molar-refractivity contribution in [2.75, 3.05) is 26.2 Å². The van der Waals surface area contributed by atoms with Gasteiger partial charge in [0.25, 0.3) is 0 Å². The molecule has 0 aliphatic carbocycles. The van der Waals surface area contributed by atoms with Gasteiger partial charge in [0.15, 0.2) is 0 Å². The molecule has 2 saturated heterocycles. The molecule has 2 rings (SSSR count). The van der Waals surface area contributed by atoms with Gasteiger partial charge in [-0.25, -0.2) is 0 Å². The highest BCUT2D eigenvalue weighted by Gasteiger charge is 2.27. The van der Waals surface area contributed by atoms with Crippen LogP contribution in [-0.4, -0.2) is 37.1 Å². The van der Waals surface area contributed by atoms with Crippen LogP contribution in [0.25, 0.3) is 0 Å². The Hall–Kier alpha value is -0.0800. The topological polar surface area (TPSA) is 15.3 Å². The van der Waals surface area contributed by atoms with E-state index >= 15 is 0 Å². The van der Waals surface area contributed by atoms with Crippen LogP contribution in [0, 0.1) is 5.41 Å². The van der Waals surface area contributed by atoms with Gasteiger partial charge in [-0.15, -0.1) is 0 Å². The molecule has 14 heavy (non-hydrogen) atoms. The van der Waals surface area contributed by atoms with E-state index in [2.05, 4.69) is 24.1 Å². The highest BCUT2D eigenvalue weighted by Crippen LogP contribution is 2.29. The van der Waals surface area contributed by atoms with E-state index < -0.39 is 0 Å². The molecule has 0 bridgehead atoms. The average molecular weight is 196 g/mol. The van der Waals surface area contributed by atoms with Crippen LogP contribution in [0.15, 0.2) is 0 Å². The fraction of sp³-hybridized carbons (Fsp3) is 1.00. The third kappa shape index (κ3) is 2.71. The Morgan fingerprint density at radius 1 is 1.29 bits per heavy atom. The minimum atomic E-state index is 0.597. The Bertz CT molecular complexity index is 173. The second-order valence-corrected chi connectivity index (χ2v) is 5.76. The molecule has 82 valence electrons. The van der Waals surface area contributed by atoms with E-state index in [0.717, 1.165) is 6.04 Å². The quantitative estimate of drug-likeness (QED) is 0.725. The molecule has 0 amide bonds. The van der Waals surface area contributed by atoms with Crippen LogP contribution < -0.4 is 5.32 Å². The monoisotopic (exact) mass is 196 g/mol. The molecule has 2 nitrogen and oxygen atoms in total. The van der Waals surface area contributed by atoms with Crippen molar-refractivity contribution < 1.29 is 0 Å². The highest BCUT2D eigenvalue weighted by atomic mass is 15.2. The van der Waals surface area contributed by atoms with Crippen LogP contribution in [0.1, 0.15) is 39.5 Å². The zero-order valence-electron chi connectivity index (χ0n) is 9.68. The Morgan fingerprint density at radius 3 is 2.57 bits per heavy atom. The summed E-state index contributed by atoms with van der Waals surface area (Å²) in [5.74, 6) is 0. The Morgan fingerprint density at radius 2 is 2.00 bits per heavy atom. The van der Waals surface area contributed by atoms with Crippen LogP contribution in [0.2, 0.25) is 0 Å². The zero-order valence-corrected chi connectivity index (χ0v) is 9.68. The van der Waals surface area contributed by atoms with Crippen molar-refractivity contribution >= 4 is 0 Å². The molecule has 0 aromatic rings. The molecule has 2 heteroatoms. The van der Waals surface area contributed by atoms with Crippen LogP contribution in [-0.2, 0) is 0 Å². The summed E-state index contributed by atoms with van der Waals surface area (Å²) < 4.78 is 0. The van der Waals surface area contributed by atoms with Crippen LogP contribution in [0.5, 0.6) is 0 Å². The smallest absolute Gasteiger partial charge is 0.0195 e. The molecule has 1 atom stereocenters. The summed E-state index contributed by atoms with van der Waals surface area (Å²) in [4.78, 5) is 2.65. The van der Waals surface area contributed by atoms with Gasteiger partial charge in [-0.3, -0.25) is 0 Å².